The van der Waals surface area contributed by atoms with E-state index in [0.29, 0.717) is 5.92 Å². The first-order valence-corrected chi connectivity index (χ1v) is 12.1. The molecule has 1 aliphatic heterocycles. The molecule has 0 saturated heterocycles. The predicted molar refractivity (Wildman–Crippen MR) is 118 cm³/mol. The van der Waals surface area contributed by atoms with Crippen LogP contribution < -0.4 is 5.32 Å². The highest BCUT2D eigenvalue weighted by Gasteiger charge is 2.35. The van der Waals surface area contributed by atoms with Crippen LogP contribution in [0.5, 0.6) is 0 Å². The van der Waals surface area contributed by atoms with Gasteiger partial charge >= 0.3 is 5.97 Å². The van der Waals surface area contributed by atoms with Gasteiger partial charge in [0.15, 0.2) is 12.4 Å². The third-order valence-electron chi connectivity index (χ3n) is 5.33. The molecule has 32 heavy (non-hydrogen) atoms. The van der Waals surface area contributed by atoms with Gasteiger partial charge in [-0.25, -0.2) is 13.2 Å². The average Bonchev–Trinajstić information content (AvgIpc) is 2.75. The Balaban J connectivity index is 1.66. The van der Waals surface area contributed by atoms with Gasteiger partial charge in [0.05, 0.1) is 15.4 Å². The van der Waals surface area contributed by atoms with Gasteiger partial charge in [0, 0.05) is 17.2 Å². The van der Waals surface area contributed by atoms with E-state index in [4.69, 9.17) is 4.74 Å². The molecule has 0 bridgehead atoms. The molecule has 0 fully saturated rings. The normalized spacial score (nSPS) is 14.9. The zero-order valence-electron chi connectivity index (χ0n) is 18.4. The van der Waals surface area contributed by atoms with Crippen LogP contribution in [-0.2, 0) is 19.4 Å². The van der Waals surface area contributed by atoms with Crippen molar-refractivity contribution in [1.82, 2.24) is 5.32 Å². The second-order valence-electron chi connectivity index (χ2n) is 8.41. The number of carbonyl (C=O) groups is 3. The van der Waals surface area contributed by atoms with Crippen LogP contribution in [0.1, 0.15) is 66.3 Å². The summed E-state index contributed by atoms with van der Waals surface area (Å²) < 4.78 is 31.0. The Labute approximate surface area is 188 Å². The van der Waals surface area contributed by atoms with Crippen molar-refractivity contribution in [3.8, 4) is 0 Å². The SMILES string of the molecule is CC(C)CCCC(C)NC(=O)COC(=O)c1ccc2c(c1)S(=O)(=O)c1ccccc1C2=O. The molecule has 1 unspecified atom stereocenters. The summed E-state index contributed by atoms with van der Waals surface area (Å²) in [5.74, 6) is -1.08. The number of hydrogen-bond donors (Lipinski definition) is 1. The van der Waals surface area contributed by atoms with E-state index in [1.54, 1.807) is 6.07 Å². The van der Waals surface area contributed by atoms with E-state index >= 15 is 0 Å². The molecule has 0 saturated carbocycles. The fourth-order valence-corrected chi connectivity index (χ4v) is 5.32. The number of amides is 1. The highest BCUT2D eigenvalue weighted by Crippen LogP contribution is 2.34. The largest absolute Gasteiger partial charge is 0.452 e. The zero-order valence-corrected chi connectivity index (χ0v) is 19.2. The Hall–Kier alpha value is -3.00. The maximum atomic E-state index is 13.0. The summed E-state index contributed by atoms with van der Waals surface area (Å²) in [6.45, 7) is 5.70. The minimum Gasteiger partial charge on any atom is -0.452 e. The quantitative estimate of drug-likeness (QED) is 0.519. The van der Waals surface area contributed by atoms with E-state index in [1.165, 1.54) is 30.3 Å². The summed E-state index contributed by atoms with van der Waals surface area (Å²) in [6, 6.07) is 9.68. The van der Waals surface area contributed by atoms with Crippen molar-refractivity contribution in [2.75, 3.05) is 6.61 Å². The van der Waals surface area contributed by atoms with E-state index in [1.807, 2.05) is 6.92 Å². The Kier molecular flexibility index (Phi) is 7.13. The average molecular weight is 458 g/mol. The van der Waals surface area contributed by atoms with E-state index < -0.39 is 34.1 Å². The van der Waals surface area contributed by atoms with E-state index in [9.17, 15) is 22.8 Å². The van der Waals surface area contributed by atoms with E-state index in [-0.39, 0.29) is 32.5 Å². The monoisotopic (exact) mass is 457 g/mol. The minimum atomic E-state index is -3.96. The van der Waals surface area contributed by atoms with Crippen molar-refractivity contribution in [2.24, 2.45) is 5.92 Å². The highest BCUT2D eigenvalue weighted by atomic mass is 32.2. The van der Waals surface area contributed by atoms with Crippen molar-refractivity contribution in [1.29, 1.82) is 0 Å². The summed E-state index contributed by atoms with van der Waals surface area (Å²) in [7, 11) is -3.96. The van der Waals surface area contributed by atoms with Gasteiger partial charge in [-0.1, -0.05) is 38.8 Å². The number of sulfone groups is 1. The molecule has 0 aliphatic carbocycles. The lowest BCUT2D eigenvalue weighted by Gasteiger charge is -2.19. The van der Waals surface area contributed by atoms with Gasteiger partial charge in [0.2, 0.25) is 9.84 Å². The maximum absolute atomic E-state index is 13.0. The van der Waals surface area contributed by atoms with Crippen molar-refractivity contribution in [2.45, 2.75) is 55.9 Å². The smallest absolute Gasteiger partial charge is 0.338 e. The van der Waals surface area contributed by atoms with Crippen LogP contribution in [0.15, 0.2) is 52.3 Å². The van der Waals surface area contributed by atoms with Crippen LogP contribution in [0.2, 0.25) is 0 Å². The molecule has 2 aromatic rings. The van der Waals surface area contributed by atoms with Gasteiger partial charge in [-0.05, 0) is 49.6 Å². The summed E-state index contributed by atoms with van der Waals surface area (Å²) in [6.07, 6.45) is 2.89. The van der Waals surface area contributed by atoms with Gasteiger partial charge in [-0.15, -0.1) is 0 Å². The molecule has 1 atom stereocenters. The van der Waals surface area contributed by atoms with Crippen molar-refractivity contribution < 1.29 is 27.5 Å². The Morgan fingerprint density at radius 2 is 1.66 bits per heavy atom. The lowest BCUT2D eigenvalue weighted by atomic mass is 10.0. The molecule has 1 N–H and O–H groups in total. The number of ketones is 1. The summed E-state index contributed by atoms with van der Waals surface area (Å²) in [5.41, 5.74) is 0.0695. The number of esters is 1. The van der Waals surface area contributed by atoms with Crippen LogP contribution in [-0.4, -0.2) is 38.7 Å². The molecule has 0 aromatic heterocycles. The molecule has 1 amide bonds. The summed E-state index contributed by atoms with van der Waals surface area (Å²) >= 11 is 0. The molecular weight excluding hydrogens is 430 g/mol. The van der Waals surface area contributed by atoms with Crippen LogP contribution in [0.25, 0.3) is 0 Å². The third-order valence-corrected chi connectivity index (χ3v) is 7.18. The molecule has 7 nitrogen and oxygen atoms in total. The third kappa shape index (κ3) is 5.07. The van der Waals surface area contributed by atoms with Gasteiger partial charge < -0.3 is 10.1 Å². The standard InChI is InChI=1S/C24H27NO6S/c1-15(2)7-6-8-16(3)25-22(26)14-31-24(28)17-11-12-19-21(13-17)32(29,30)20-10-5-4-9-18(20)23(19)27/h4-5,9-13,15-16H,6-8,14H2,1-3H3,(H,25,26). The molecule has 3 rings (SSSR count). The minimum absolute atomic E-state index is 0.00761. The summed E-state index contributed by atoms with van der Waals surface area (Å²) in [4.78, 5) is 36.8. The first kappa shape index (κ1) is 23.7. The first-order valence-electron chi connectivity index (χ1n) is 10.6. The van der Waals surface area contributed by atoms with E-state index in [2.05, 4.69) is 19.2 Å². The van der Waals surface area contributed by atoms with Crippen LogP contribution >= 0.6 is 0 Å². The fourth-order valence-electron chi connectivity index (χ4n) is 3.65. The lowest BCUT2D eigenvalue weighted by molar-refractivity contribution is -0.124. The second kappa shape index (κ2) is 9.65. The molecule has 1 heterocycles. The van der Waals surface area contributed by atoms with Crippen LogP contribution in [0.3, 0.4) is 0 Å². The molecule has 170 valence electrons. The number of fused-ring (bicyclic) bond motifs is 2. The topological polar surface area (TPSA) is 107 Å². The zero-order chi connectivity index (χ0) is 23.5. The first-order chi connectivity index (χ1) is 15.1. The number of hydrogen-bond acceptors (Lipinski definition) is 6. The van der Waals surface area contributed by atoms with E-state index in [0.717, 1.165) is 25.3 Å². The van der Waals surface area contributed by atoms with Crippen molar-refractivity contribution in [3.05, 3.63) is 59.2 Å². The molecular formula is C24H27NO6S. The van der Waals surface area contributed by atoms with Crippen LogP contribution in [0.4, 0.5) is 0 Å². The summed E-state index contributed by atoms with van der Waals surface area (Å²) in [5, 5.41) is 2.78. The lowest BCUT2D eigenvalue weighted by Crippen LogP contribution is -2.35. The molecule has 0 spiro atoms. The van der Waals surface area contributed by atoms with Crippen LogP contribution in [0, 0.1) is 5.92 Å². The maximum Gasteiger partial charge on any atom is 0.338 e. The number of nitrogens with one attached hydrogen (secondary N) is 1. The molecule has 0 radical (unpaired) electrons. The van der Waals surface area contributed by atoms with Gasteiger partial charge in [-0.2, -0.15) is 0 Å². The van der Waals surface area contributed by atoms with Gasteiger partial charge in [0.25, 0.3) is 5.91 Å². The Morgan fingerprint density at radius 1 is 0.969 bits per heavy atom. The Bertz CT molecular complexity index is 1150. The molecule has 1 aliphatic rings. The predicted octanol–water partition coefficient (Wildman–Crippen LogP) is 3.55. The van der Waals surface area contributed by atoms with Gasteiger partial charge in [-0.3, -0.25) is 9.59 Å². The number of carbonyl (C=O) groups excluding carboxylic acids is 3. The second-order valence-corrected chi connectivity index (χ2v) is 10.3. The Morgan fingerprint density at radius 3 is 2.38 bits per heavy atom. The molecule has 2 aromatic carbocycles. The number of rotatable bonds is 8. The highest BCUT2D eigenvalue weighted by molar-refractivity contribution is 7.91. The number of ether oxygens (including phenoxy) is 1. The van der Waals surface area contributed by atoms with Crippen molar-refractivity contribution >= 4 is 27.5 Å². The fraction of sp³-hybridized carbons (Fsp3) is 0.375. The number of benzene rings is 2. The van der Waals surface area contributed by atoms with Gasteiger partial charge in [0.1, 0.15) is 0 Å². The molecule has 8 heteroatoms. The van der Waals surface area contributed by atoms with Crippen molar-refractivity contribution in [3.63, 3.8) is 0 Å².